The van der Waals surface area contributed by atoms with Crippen LogP contribution in [-0.2, 0) is 43.0 Å². The van der Waals surface area contributed by atoms with Crippen LogP contribution in [-0.4, -0.2) is 83.0 Å². The van der Waals surface area contributed by atoms with Crippen LogP contribution >= 0.6 is 23.1 Å². The van der Waals surface area contributed by atoms with E-state index in [1.165, 1.54) is 31.2 Å². The van der Waals surface area contributed by atoms with Crippen molar-refractivity contribution < 1.29 is 43.0 Å². The number of unbranched alkanes of at least 4 members (excludes halogenated alkanes) is 2. The average Bonchev–Trinajstić information content (AvgIpc) is 3.33. The zero-order valence-corrected chi connectivity index (χ0v) is 23.2. The number of carbonyl (C=O) groups is 5. The number of ether oxygens (including phenoxy) is 3. The smallest absolute Gasteiger partial charge is 0.358 e. The van der Waals surface area contributed by atoms with Gasteiger partial charge in [-0.25, -0.2) is 9.78 Å². The SMILES string of the molecule is CCCCCC(=O)OCOC(=O)C1=C(COC(C)=O)CS[C@@H]2[C@H](NC(=O)C(=NOC)c3csc(N)n3)C(=O)N12. The number of carbonyl (C=O) groups excluding carboxylic acids is 5. The third-order valence-electron chi connectivity index (χ3n) is 5.53. The Labute approximate surface area is 232 Å². The van der Waals surface area contributed by atoms with Gasteiger partial charge < -0.3 is 30.1 Å². The third kappa shape index (κ3) is 7.47. The fourth-order valence-corrected chi connectivity index (χ4v) is 5.56. The number of nitrogen functional groups attached to an aromatic ring is 1. The minimum Gasteiger partial charge on any atom is -0.461 e. The lowest BCUT2D eigenvalue weighted by atomic mass is 10.0. The summed E-state index contributed by atoms with van der Waals surface area (Å²) in [6.07, 6.45) is 2.65. The minimum absolute atomic E-state index is 0.129. The maximum Gasteiger partial charge on any atom is 0.358 e. The Morgan fingerprint density at radius 3 is 2.64 bits per heavy atom. The Morgan fingerprint density at radius 1 is 1.23 bits per heavy atom. The van der Waals surface area contributed by atoms with E-state index in [4.69, 9.17) is 24.8 Å². The van der Waals surface area contributed by atoms with Gasteiger partial charge in [-0.3, -0.25) is 24.1 Å². The topological polar surface area (TPSA) is 189 Å². The van der Waals surface area contributed by atoms with E-state index in [0.29, 0.717) is 12.0 Å². The molecule has 2 aliphatic rings. The molecule has 2 amide bonds. The van der Waals surface area contributed by atoms with Gasteiger partial charge in [0.1, 0.15) is 36.5 Å². The molecule has 16 heteroatoms. The number of rotatable bonds is 13. The summed E-state index contributed by atoms with van der Waals surface area (Å²) in [5, 5.41) is 7.38. The summed E-state index contributed by atoms with van der Waals surface area (Å²) < 4.78 is 15.1. The van der Waals surface area contributed by atoms with E-state index in [1.54, 1.807) is 0 Å². The zero-order valence-electron chi connectivity index (χ0n) is 21.6. The van der Waals surface area contributed by atoms with Gasteiger partial charge in [0.2, 0.25) is 6.79 Å². The van der Waals surface area contributed by atoms with Gasteiger partial charge in [0.25, 0.3) is 11.8 Å². The highest BCUT2D eigenvalue weighted by atomic mass is 32.2. The maximum atomic E-state index is 13.1. The zero-order chi connectivity index (χ0) is 28.5. The molecule has 1 aromatic heterocycles. The number of esters is 3. The number of aromatic nitrogens is 1. The monoisotopic (exact) mass is 583 g/mol. The lowest BCUT2D eigenvalue weighted by molar-refractivity contribution is -0.168. The van der Waals surface area contributed by atoms with Crippen LogP contribution in [0, 0.1) is 0 Å². The summed E-state index contributed by atoms with van der Waals surface area (Å²) in [5.41, 5.74) is 5.85. The number of thioether (sulfide) groups is 1. The normalized spacial score (nSPS) is 18.6. The summed E-state index contributed by atoms with van der Waals surface area (Å²) in [5.74, 6) is -3.14. The highest BCUT2D eigenvalue weighted by Gasteiger charge is 2.55. The van der Waals surface area contributed by atoms with Crippen LogP contribution in [0.3, 0.4) is 0 Å². The second-order valence-corrected chi connectivity index (χ2v) is 10.3. The van der Waals surface area contributed by atoms with E-state index >= 15 is 0 Å². The van der Waals surface area contributed by atoms with E-state index in [-0.39, 0.29) is 41.0 Å². The van der Waals surface area contributed by atoms with E-state index < -0.39 is 47.9 Å². The van der Waals surface area contributed by atoms with Crippen molar-refractivity contribution in [2.45, 2.75) is 50.9 Å². The molecule has 1 aromatic rings. The molecule has 0 aliphatic carbocycles. The van der Waals surface area contributed by atoms with Crippen LogP contribution in [0.2, 0.25) is 0 Å². The molecule has 0 bridgehead atoms. The predicted molar refractivity (Wildman–Crippen MR) is 140 cm³/mol. The first-order chi connectivity index (χ1) is 18.7. The van der Waals surface area contributed by atoms with E-state index in [2.05, 4.69) is 15.5 Å². The Hall–Kier alpha value is -3.66. The number of nitrogens with zero attached hydrogens (tertiary/aromatic N) is 3. The quantitative estimate of drug-likeness (QED) is 0.0835. The molecular formula is C23H29N5O9S2. The molecule has 2 aliphatic heterocycles. The van der Waals surface area contributed by atoms with E-state index in [1.807, 2.05) is 6.92 Å². The molecule has 2 atom stereocenters. The van der Waals surface area contributed by atoms with Crippen molar-refractivity contribution in [2.24, 2.45) is 5.16 Å². The summed E-state index contributed by atoms with van der Waals surface area (Å²) in [6, 6.07) is -1.00. The van der Waals surface area contributed by atoms with Crippen LogP contribution in [0.1, 0.15) is 45.2 Å². The fraction of sp³-hybridized carbons (Fsp3) is 0.522. The van der Waals surface area contributed by atoms with Crippen molar-refractivity contribution >= 4 is 63.7 Å². The summed E-state index contributed by atoms with van der Waals surface area (Å²) in [4.78, 5) is 72.2. The number of fused-ring (bicyclic) bond motifs is 1. The maximum absolute atomic E-state index is 13.1. The molecule has 14 nitrogen and oxygen atoms in total. The molecule has 0 saturated carbocycles. The van der Waals surface area contributed by atoms with Crippen molar-refractivity contribution in [3.8, 4) is 0 Å². The Bertz CT molecular complexity index is 1180. The largest absolute Gasteiger partial charge is 0.461 e. The number of nitrogens with one attached hydrogen (secondary N) is 1. The van der Waals surface area contributed by atoms with Gasteiger partial charge >= 0.3 is 17.9 Å². The van der Waals surface area contributed by atoms with Gasteiger partial charge in [0, 0.05) is 30.1 Å². The highest BCUT2D eigenvalue weighted by molar-refractivity contribution is 8.00. The van der Waals surface area contributed by atoms with Gasteiger partial charge in [-0.2, -0.15) is 0 Å². The van der Waals surface area contributed by atoms with E-state index in [0.717, 1.165) is 29.1 Å². The number of oxime groups is 1. The van der Waals surface area contributed by atoms with Gasteiger partial charge in [-0.15, -0.1) is 23.1 Å². The van der Waals surface area contributed by atoms with Gasteiger partial charge in [0.05, 0.1) is 0 Å². The Kier molecular flexibility index (Phi) is 10.7. The Balaban J connectivity index is 1.71. The number of nitrogens with two attached hydrogens (primary N) is 1. The van der Waals surface area contributed by atoms with E-state index in [9.17, 15) is 24.0 Å². The van der Waals surface area contributed by atoms with Crippen molar-refractivity contribution in [1.29, 1.82) is 0 Å². The average molecular weight is 584 g/mol. The van der Waals surface area contributed by atoms with Crippen LogP contribution in [0.25, 0.3) is 0 Å². The Morgan fingerprint density at radius 2 is 2.00 bits per heavy atom. The standard InChI is InChI=1S/C23H29N5O9S2/c1-4-5-6-7-15(30)36-11-37-22(33)18-13(8-35-12(2)29)9-38-21-17(20(32)28(18)21)26-19(31)16(27-34-3)14-10-39-23(24)25-14/h10,17,21H,4-9,11H2,1-3H3,(H2,24,25)(H,26,31)/t17-,21-/m1/s1. The summed E-state index contributed by atoms with van der Waals surface area (Å²) in [7, 11) is 1.26. The number of β-lactam (4-membered cyclic amide) rings is 1. The molecule has 0 radical (unpaired) electrons. The second-order valence-electron chi connectivity index (χ2n) is 8.31. The van der Waals surface area contributed by atoms with Crippen LogP contribution in [0.5, 0.6) is 0 Å². The number of hydrogen-bond acceptors (Lipinski definition) is 14. The first-order valence-electron chi connectivity index (χ1n) is 11.9. The van der Waals surface area contributed by atoms with Crippen molar-refractivity contribution in [3.63, 3.8) is 0 Å². The number of anilines is 1. The van der Waals surface area contributed by atoms with Gasteiger partial charge in [-0.1, -0.05) is 24.9 Å². The molecule has 3 heterocycles. The lowest BCUT2D eigenvalue weighted by Gasteiger charge is -2.49. The molecule has 1 fully saturated rings. The summed E-state index contributed by atoms with van der Waals surface area (Å²) >= 11 is 2.36. The fourth-order valence-electron chi connectivity index (χ4n) is 3.68. The first kappa shape index (κ1) is 29.9. The lowest BCUT2D eigenvalue weighted by Crippen LogP contribution is -2.71. The minimum atomic E-state index is -1.00. The molecule has 3 rings (SSSR count). The second kappa shape index (κ2) is 13.9. The molecule has 1 saturated heterocycles. The van der Waals surface area contributed by atoms with Gasteiger partial charge in [0.15, 0.2) is 10.8 Å². The number of hydrogen-bond donors (Lipinski definition) is 2. The molecule has 39 heavy (non-hydrogen) atoms. The number of thiazole rings is 1. The van der Waals surface area contributed by atoms with Gasteiger partial charge in [-0.05, 0) is 6.42 Å². The first-order valence-corrected chi connectivity index (χ1v) is 13.9. The van der Waals surface area contributed by atoms with Crippen LogP contribution < -0.4 is 11.1 Å². The molecule has 0 aromatic carbocycles. The molecule has 0 spiro atoms. The molecule has 212 valence electrons. The number of amides is 2. The highest BCUT2D eigenvalue weighted by Crippen LogP contribution is 2.40. The summed E-state index contributed by atoms with van der Waals surface area (Å²) in [6.45, 7) is 2.33. The van der Waals surface area contributed by atoms with Crippen molar-refractivity contribution in [1.82, 2.24) is 15.2 Å². The van der Waals surface area contributed by atoms with Crippen molar-refractivity contribution in [3.05, 3.63) is 22.3 Å². The predicted octanol–water partition coefficient (Wildman–Crippen LogP) is 0.917. The molecular weight excluding hydrogens is 554 g/mol. The molecule has 0 unspecified atom stereocenters. The molecule has 3 N–H and O–H groups in total. The van der Waals surface area contributed by atoms with Crippen molar-refractivity contribution in [2.75, 3.05) is 32.0 Å². The van der Waals surface area contributed by atoms with Crippen LogP contribution in [0.15, 0.2) is 21.8 Å². The van der Waals surface area contributed by atoms with Crippen LogP contribution in [0.4, 0.5) is 5.13 Å². The third-order valence-corrected chi connectivity index (χ3v) is 7.55.